The highest BCUT2D eigenvalue weighted by molar-refractivity contribution is 5.34. The maximum atomic E-state index is 8.61. The van der Waals surface area contributed by atoms with E-state index in [1.54, 1.807) is 30.3 Å². The third-order valence-corrected chi connectivity index (χ3v) is 1.92. The summed E-state index contributed by atoms with van der Waals surface area (Å²) in [7, 11) is 0. The van der Waals surface area contributed by atoms with E-state index in [0.29, 0.717) is 25.4 Å². The summed E-state index contributed by atoms with van der Waals surface area (Å²) in [5, 5.41) is 8.61. The van der Waals surface area contributed by atoms with E-state index in [1.807, 2.05) is 0 Å². The fraction of sp³-hybridized carbons (Fsp3) is 0.308. The Bertz CT molecular complexity index is 351. The lowest BCUT2D eigenvalue weighted by atomic mass is 10.2. The molecule has 0 aliphatic rings. The van der Waals surface area contributed by atoms with Crippen LogP contribution in [0.15, 0.2) is 36.9 Å². The zero-order chi connectivity index (χ0) is 11.6. The van der Waals surface area contributed by atoms with E-state index >= 15 is 0 Å². The smallest absolute Gasteiger partial charge is 0.119 e. The van der Waals surface area contributed by atoms with Crippen LogP contribution in [-0.4, -0.2) is 19.8 Å². The first-order valence-electron chi connectivity index (χ1n) is 5.18. The Morgan fingerprint density at radius 1 is 1.25 bits per heavy atom. The summed E-state index contributed by atoms with van der Waals surface area (Å²) in [4.78, 5) is 0. The SMILES string of the molecule is C=CCOCCCOc1ccc(C#N)cc1. The summed E-state index contributed by atoms with van der Waals surface area (Å²) in [6.45, 7) is 5.42. The molecule has 0 fully saturated rings. The van der Waals surface area contributed by atoms with Crippen LogP contribution >= 0.6 is 0 Å². The summed E-state index contributed by atoms with van der Waals surface area (Å²) in [6.07, 6.45) is 2.56. The maximum Gasteiger partial charge on any atom is 0.119 e. The number of nitrogens with zero attached hydrogens (tertiary/aromatic N) is 1. The Kier molecular flexibility index (Phi) is 5.75. The fourth-order valence-corrected chi connectivity index (χ4v) is 1.14. The van der Waals surface area contributed by atoms with Crippen LogP contribution < -0.4 is 4.74 Å². The van der Waals surface area contributed by atoms with Crippen LogP contribution in [0, 0.1) is 11.3 Å². The van der Waals surface area contributed by atoms with Gasteiger partial charge in [-0.1, -0.05) is 6.08 Å². The van der Waals surface area contributed by atoms with Gasteiger partial charge in [-0.3, -0.25) is 0 Å². The lowest BCUT2D eigenvalue weighted by Gasteiger charge is -2.05. The highest BCUT2D eigenvalue weighted by atomic mass is 16.5. The molecular weight excluding hydrogens is 202 g/mol. The third kappa shape index (κ3) is 4.63. The number of benzene rings is 1. The zero-order valence-electron chi connectivity index (χ0n) is 9.19. The fourth-order valence-electron chi connectivity index (χ4n) is 1.14. The Balaban J connectivity index is 2.17. The molecule has 3 heteroatoms. The number of hydrogen-bond acceptors (Lipinski definition) is 3. The molecule has 1 aromatic carbocycles. The second-order valence-electron chi connectivity index (χ2n) is 3.20. The van der Waals surface area contributed by atoms with Crippen molar-refractivity contribution in [1.29, 1.82) is 5.26 Å². The van der Waals surface area contributed by atoms with Crippen molar-refractivity contribution in [3.63, 3.8) is 0 Å². The van der Waals surface area contributed by atoms with Crippen LogP contribution in [0.3, 0.4) is 0 Å². The van der Waals surface area contributed by atoms with Gasteiger partial charge in [-0.2, -0.15) is 5.26 Å². The molecule has 0 saturated carbocycles. The molecule has 0 heterocycles. The minimum Gasteiger partial charge on any atom is -0.494 e. The maximum absolute atomic E-state index is 8.61. The molecule has 0 aliphatic carbocycles. The molecule has 0 saturated heterocycles. The van der Waals surface area contributed by atoms with E-state index in [4.69, 9.17) is 14.7 Å². The predicted octanol–water partition coefficient (Wildman–Crippen LogP) is 2.53. The quantitative estimate of drug-likeness (QED) is 0.520. The third-order valence-electron chi connectivity index (χ3n) is 1.92. The van der Waals surface area contributed by atoms with Crippen LogP contribution in [0.2, 0.25) is 0 Å². The van der Waals surface area contributed by atoms with Crippen molar-refractivity contribution in [2.24, 2.45) is 0 Å². The highest BCUT2D eigenvalue weighted by Crippen LogP contribution is 2.11. The van der Waals surface area contributed by atoms with Crippen LogP contribution in [0.1, 0.15) is 12.0 Å². The normalized spacial score (nSPS) is 9.44. The first-order chi connectivity index (χ1) is 7.86. The van der Waals surface area contributed by atoms with E-state index in [-0.39, 0.29) is 0 Å². The second-order valence-corrected chi connectivity index (χ2v) is 3.20. The van der Waals surface area contributed by atoms with Crippen molar-refractivity contribution < 1.29 is 9.47 Å². The summed E-state index contributed by atoms with van der Waals surface area (Å²) in [5.41, 5.74) is 0.640. The van der Waals surface area contributed by atoms with E-state index in [9.17, 15) is 0 Å². The molecule has 1 rings (SSSR count). The van der Waals surface area contributed by atoms with Crippen molar-refractivity contribution in [2.45, 2.75) is 6.42 Å². The molecule has 3 nitrogen and oxygen atoms in total. The molecule has 0 N–H and O–H groups in total. The summed E-state index contributed by atoms with van der Waals surface area (Å²) < 4.78 is 10.7. The van der Waals surface area contributed by atoms with Gasteiger partial charge in [0.2, 0.25) is 0 Å². The molecule has 16 heavy (non-hydrogen) atoms. The molecular formula is C13H15NO2. The molecule has 0 unspecified atom stereocenters. The summed E-state index contributed by atoms with van der Waals surface area (Å²) in [6, 6.07) is 9.13. The molecule has 0 aliphatic heterocycles. The Hall–Kier alpha value is -1.79. The minimum absolute atomic E-state index is 0.580. The van der Waals surface area contributed by atoms with Gasteiger partial charge in [-0.15, -0.1) is 6.58 Å². The molecule has 0 aromatic heterocycles. The molecule has 84 valence electrons. The molecule has 0 atom stereocenters. The topological polar surface area (TPSA) is 42.2 Å². The molecule has 1 aromatic rings. The number of ether oxygens (including phenoxy) is 2. The number of rotatable bonds is 7. The van der Waals surface area contributed by atoms with Gasteiger partial charge in [0, 0.05) is 6.42 Å². The summed E-state index contributed by atoms with van der Waals surface area (Å²) >= 11 is 0. The molecule has 0 bridgehead atoms. The predicted molar refractivity (Wildman–Crippen MR) is 62.3 cm³/mol. The lowest BCUT2D eigenvalue weighted by Crippen LogP contribution is -2.02. The van der Waals surface area contributed by atoms with Crippen LogP contribution in [0.4, 0.5) is 0 Å². The van der Waals surface area contributed by atoms with Crippen molar-refractivity contribution in [3.05, 3.63) is 42.5 Å². The van der Waals surface area contributed by atoms with Crippen molar-refractivity contribution in [2.75, 3.05) is 19.8 Å². The average molecular weight is 217 g/mol. The highest BCUT2D eigenvalue weighted by Gasteiger charge is 1.94. The van der Waals surface area contributed by atoms with Crippen LogP contribution in [-0.2, 0) is 4.74 Å². The largest absolute Gasteiger partial charge is 0.494 e. The minimum atomic E-state index is 0.580. The standard InChI is InChI=1S/C13H15NO2/c1-2-8-15-9-3-10-16-13-6-4-12(11-14)5-7-13/h2,4-7H,1,3,8-10H2. The van der Waals surface area contributed by atoms with Gasteiger partial charge in [0.05, 0.1) is 31.5 Å². The molecule has 0 amide bonds. The molecule has 0 radical (unpaired) electrons. The van der Waals surface area contributed by atoms with Crippen molar-refractivity contribution in [1.82, 2.24) is 0 Å². The van der Waals surface area contributed by atoms with Crippen LogP contribution in [0.5, 0.6) is 5.75 Å². The van der Waals surface area contributed by atoms with E-state index in [2.05, 4.69) is 12.6 Å². The van der Waals surface area contributed by atoms with Gasteiger partial charge < -0.3 is 9.47 Å². The van der Waals surface area contributed by atoms with E-state index in [1.165, 1.54) is 0 Å². The van der Waals surface area contributed by atoms with E-state index in [0.717, 1.165) is 12.2 Å². The number of nitriles is 1. The number of hydrogen-bond donors (Lipinski definition) is 0. The Morgan fingerprint density at radius 3 is 2.62 bits per heavy atom. The monoisotopic (exact) mass is 217 g/mol. The van der Waals surface area contributed by atoms with E-state index < -0.39 is 0 Å². The van der Waals surface area contributed by atoms with Gasteiger partial charge in [0.15, 0.2) is 0 Å². The first kappa shape index (κ1) is 12.3. The van der Waals surface area contributed by atoms with Crippen molar-refractivity contribution in [3.8, 4) is 11.8 Å². The Morgan fingerprint density at radius 2 is 2.00 bits per heavy atom. The average Bonchev–Trinajstić information content (AvgIpc) is 2.34. The van der Waals surface area contributed by atoms with Gasteiger partial charge in [-0.05, 0) is 24.3 Å². The summed E-state index contributed by atoms with van der Waals surface area (Å²) in [5.74, 6) is 0.780. The van der Waals surface area contributed by atoms with Gasteiger partial charge in [0.1, 0.15) is 5.75 Å². The molecule has 0 spiro atoms. The van der Waals surface area contributed by atoms with Crippen molar-refractivity contribution >= 4 is 0 Å². The second kappa shape index (κ2) is 7.49. The zero-order valence-corrected chi connectivity index (χ0v) is 9.19. The van der Waals surface area contributed by atoms with Gasteiger partial charge in [0.25, 0.3) is 0 Å². The van der Waals surface area contributed by atoms with Crippen LogP contribution in [0.25, 0.3) is 0 Å². The first-order valence-corrected chi connectivity index (χ1v) is 5.18. The van der Waals surface area contributed by atoms with Gasteiger partial charge in [-0.25, -0.2) is 0 Å². The van der Waals surface area contributed by atoms with Gasteiger partial charge >= 0.3 is 0 Å². The lowest BCUT2D eigenvalue weighted by molar-refractivity contribution is 0.143. The Labute approximate surface area is 95.9 Å².